The Balaban J connectivity index is 1.04. The van der Waals surface area contributed by atoms with Crippen LogP contribution in [0.4, 0.5) is 0 Å². The summed E-state index contributed by atoms with van der Waals surface area (Å²) in [5, 5.41) is 34.9. The highest BCUT2D eigenvalue weighted by atomic mass is 31.2. The first kappa shape index (κ1) is 42.2. The number of para-hydroxylation sites is 4. The zero-order valence-electron chi connectivity index (χ0n) is 37.4. The molecule has 11 rings (SSSR count). The van der Waals surface area contributed by atoms with Gasteiger partial charge in [0.15, 0.2) is 11.1 Å². The first-order chi connectivity index (χ1) is 32.9. The quantitative estimate of drug-likeness (QED) is 0.100. The third kappa shape index (κ3) is 7.34. The Hall–Kier alpha value is -7.49. The maximum absolute atomic E-state index is 13.0. The van der Waals surface area contributed by atoms with Crippen LogP contribution in [0, 0.1) is 13.8 Å². The number of hydrogen-bond acceptors (Lipinski definition) is 4. The van der Waals surface area contributed by atoms with Gasteiger partial charge >= 0.3 is 0 Å². The average Bonchev–Trinajstić information content (AvgIpc) is 3.89. The van der Waals surface area contributed by atoms with E-state index in [1.165, 1.54) is 0 Å². The number of phenolic OH excluding ortho intramolecular Hbond substituents is 2. The fourth-order valence-corrected chi connectivity index (χ4v) is 15.7. The summed E-state index contributed by atoms with van der Waals surface area (Å²) in [6.45, 7) is 5.24. The van der Waals surface area contributed by atoms with E-state index in [2.05, 4.69) is 217 Å². The molecule has 1 unspecified atom stereocenters. The molecule has 2 N–H and O–H groups in total. The fourth-order valence-electron chi connectivity index (χ4n) is 9.88. The van der Waals surface area contributed by atoms with Crippen LogP contribution >= 0.6 is 14.8 Å². The maximum Gasteiger partial charge on any atom is 0.280 e. The Morgan fingerprint density at radius 1 is 0.448 bits per heavy atom. The molecule has 9 aromatic carbocycles. The third-order valence-electron chi connectivity index (χ3n) is 12.8. The summed E-state index contributed by atoms with van der Waals surface area (Å²) in [6.07, 6.45) is 0.672. The molecule has 0 aliphatic heterocycles. The second kappa shape index (κ2) is 17.7. The minimum absolute atomic E-state index is 0.230. The van der Waals surface area contributed by atoms with Gasteiger partial charge in [0.2, 0.25) is 5.30 Å². The number of rotatable bonds is 11. The number of aryl methyl sites for hydroxylation is 2. The van der Waals surface area contributed by atoms with Gasteiger partial charge in [0.1, 0.15) is 5.75 Å². The monoisotopic (exact) mass is 907 g/mol. The molecule has 2 aromatic heterocycles. The van der Waals surface area contributed by atoms with Gasteiger partial charge in [0, 0.05) is 44.0 Å². The molecule has 326 valence electrons. The first-order valence-electron chi connectivity index (χ1n) is 22.8. The van der Waals surface area contributed by atoms with Crippen LogP contribution < -0.4 is 26.5 Å². The molecule has 0 fully saturated rings. The van der Waals surface area contributed by atoms with Crippen molar-refractivity contribution in [1.82, 2.24) is 9.13 Å². The molecule has 8 heteroatoms. The lowest BCUT2D eigenvalue weighted by molar-refractivity contribution is 0.477. The van der Waals surface area contributed by atoms with Crippen molar-refractivity contribution in [1.29, 1.82) is 0 Å². The van der Waals surface area contributed by atoms with Crippen molar-refractivity contribution in [3.8, 4) is 22.9 Å². The van der Waals surface area contributed by atoms with Crippen LogP contribution in [0.15, 0.2) is 222 Å². The molecule has 0 radical (unpaired) electrons. The molecule has 0 bridgehead atoms. The van der Waals surface area contributed by atoms with Gasteiger partial charge in [-0.3, -0.25) is 4.74 Å². The molecule has 2 heterocycles. The van der Waals surface area contributed by atoms with Gasteiger partial charge < -0.3 is 19.3 Å². The number of fused-ring (bicyclic) bond motifs is 6. The van der Waals surface area contributed by atoms with E-state index in [4.69, 9.17) is 9.49 Å². The minimum atomic E-state index is -2.85. The van der Waals surface area contributed by atoms with Crippen LogP contribution in [-0.4, -0.2) is 32.4 Å². The zero-order chi connectivity index (χ0) is 45.5. The molecule has 0 aliphatic rings. The molecule has 1 atom stereocenters. The average molecular weight is 908 g/mol. The Labute approximate surface area is 391 Å². The number of phenols is 2. The number of hydrogen-bond donors (Lipinski definition) is 2. The molecular formula is C59H49N4O2P2+. The van der Waals surface area contributed by atoms with Gasteiger partial charge in [-0.1, -0.05) is 156 Å². The van der Waals surface area contributed by atoms with Gasteiger partial charge in [0.25, 0.3) is 7.71 Å². The highest BCUT2D eigenvalue weighted by Crippen LogP contribution is 2.51. The van der Waals surface area contributed by atoms with Crippen molar-refractivity contribution in [2.75, 3.05) is 13.1 Å². The minimum Gasteiger partial charge on any atom is -0.505 e. The lowest BCUT2D eigenvalue weighted by atomic mass is 10.2. The van der Waals surface area contributed by atoms with Gasteiger partial charge in [-0.05, 0) is 92.1 Å². The van der Waals surface area contributed by atoms with E-state index in [0.717, 1.165) is 92.6 Å². The van der Waals surface area contributed by atoms with Crippen molar-refractivity contribution in [2.24, 2.45) is 9.49 Å². The van der Waals surface area contributed by atoms with Crippen molar-refractivity contribution in [3.63, 3.8) is 0 Å². The van der Waals surface area contributed by atoms with Gasteiger partial charge in [0.05, 0.1) is 47.0 Å². The number of benzene rings is 9. The van der Waals surface area contributed by atoms with Crippen LogP contribution in [0.1, 0.15) is 17.5 Å². The summed E-state index contributed by atoms with van der Waals surface area (Å²) in [5.41, 5.74) is 7.74. The molecule has 0 aliphatic carbocycles. The topological polar surface area (TPSA) is 75.0 Å². The highest BCUT2D eigenvalue weighted by Gasteiger charge is 2.33. The van der Waals surface area contributed by atoms with Crippen molar-refractivity contribution in [2.45, 2.75) is 20.3 Å². The van der Waals surface area contributed by atoms with E-state index in [9.17, 15) is 10.2 Å². The normalized spacial score (nSPS) is 12.1. The van der Waals surface area contributed by atoms with E-state index >= 15 is 0 Å². The number of aromatic nitrogens is 2. The lowest BCUT2D eigenvalue weighted by Crippen LogP contribution is -2.27. The van der Waals surface area contributed by atoms with Crippen LogP contribution in [0.3, 0.4) is 0 Å². The summed E-state index contributed by atoms with van der Waals surface area (Å²) in [4.78, 5) is 0. The van der Waals surface area contributed by atoms with Gasteiger partial charge in [-0.2, -0.15) is 0 Å². The summed E-state index contributed by atoms with van der Waals surface area (Å²) >= 11 is 0. The molecule has 0 saturated carbocycles. The van der Waals surface area contributed by atoms with E-state index in [-0.39, 0.29) is 11.5 Å². The highest BCUT2D eigenvalue weighted by molar-refractivity contribution is 7.87. The number of nitrogens with zero attached hydrogens (tertiary/aromatic N) is 4. The smallest absolute Gasteiger partial charge is 0.280 e. The largest absolute Gasteiger partial charge is 0.505 e. The number of aromatic hydroxyl groups is 2. The molecular weight excluding hydrogens is 859 g/mol. The van der Waals surface area contributed by atoms with Crippen LogP contribution in [0.2, 0.25) is 0 Å². The van der Waals surface area contributed by atoms with Crippen molar-refractivity contribution in [3.05, 3.63) is 223 Å². The Morgan fingerprint density at radius 2 is 0.851 bits per heavy atom. The van der Waals surface area contributed by atoms with E-state index in [1.807, 2.05) is 18.2 Å². The Bertz CT molecular complexity index is 3580. The molecule has 0 spiro atoms. The Kier molecular flexibility index (Phi) is 11.2. The van der Waals surface area contributed by atoms with Gasteiger partial charge in [-0.25, -0.2) is 0 Å². The SMILES string of the molecule is Cc1cc(-n2c3ccccc3c3ccccc32)c(O)c([P+](=NCCCN=P(c2ccccc2)(c2ccccc2)c2cc(C)cc(-n3c4ccccc4c4ccccc43)c2O)c2ccccc2)c1. The zero-order valence-corrected chi connectivity index (χ0v) is 39.2. The standard InChI is InChI=1S/C59H48N4O2P2/c1-41-37-54(62-50-31-16-12-27-46(50)47-28-13-17-32-51(47)62)58(64)56(39-41)66(43-21-6-3-7-22-43)60-35-20-36-61-67(44-23-8-4-9-24-44,45-25-10-5-11-26-45)57-40-42(2)38-55(59(57)65)63-52-33-18-14-29-48(52)49-30-15-19-34-53(49)63/h3-19,21-34,37-40H,20,35-36H2,1-2H3,(H-,60,64,65)/p+1. The summed E-state index contributed by atoms with van der Waals surface area (Å²) < 4.78 is 15.7. The van der Waals surface area contributed by atoms with E-state index < -0.39 is 14.8 Å². The molecule has 6 nitrogen and oxygen atoms in total. The third-order valence-corrected chi connectivity index (χ3v) is 18.6. The first-order valence-corrected chi connectivity index (χ1v) is 25.8. The van der Waals surface area contributed by atoms with Crippen LogP contribution in [0.25, 0.3) is 55.0 Å². The predicted octanol–water partition coefficient (Wildman–Crippen LogP) is 13.1. The lowest BCUT2D eigenvalue weighted by Gasteiger charge is -2.29. The fraction of sp³-hybridized carbons (Fsp3) is 0.0847. The molecule has 0 saturated heterocycles. The summed E-state index contributed by atoms with van der Waals surface area (Å²) in [7, 11) is -4.17. The Morgan fingerprint density at radius 3 is 1.33 bits per heavy atom. The maximum atomic E-state index is 13.0. The van der Waals surface area contributed by atoms with Gasteiger partial charge in [-0.15, -0.1) is 0 Å². The molecule has 0 amide bonds. The van der Waals surface area contributed by atoms with Crippen molar-refractivity contribution < 1.29 is 10.2 Å². The predicted molar refractivity (Wildman–Crippen MR) is 285 cm³/mol. The second-order valence-electron chi connectivity index (χ2n) is 17.1. The van der Waals surface area contributed by atoms with Crippen molar-refractivity contribution >= 4 is 84.9 Å². The summed E-state index contributed by atoms with van der Waals surface area (Å²) in [5.74, 6) is 0.473. The summed E-state index contributed by atoms with van der Waals surface area (Å²) in [6, 6.07) is 73.5. The van der Waals surface area contributed by atoms with E-state index in [1.54, 1.807) is 0 Å². The van der Waals surface area contributed by atoms with Crippen LogP contribution in [0.5, 0.6) is 11.5 Å². The second-order valence-corrected chi connectivity index (χ2v) is 22.1. The molecule has 67 heavy (non-hydrogen) atoms. The van der Waals surface area contributed by atoms with E-state index in [0.29, 0.717) is 19.5 Å². The van der Waals surface area contributed by atoms with Crippen LogP contribution in [-0.2, 0) is 0 Å². The molecule has 11 aromatic rings.